The van der Waals surface area contributed by atoms with E-state index in [0.717, 1.165) is 12.6 Å². The molecule has 0 aromatic heterocycles. The minimum absolute atomic E-state index is 0.0452. The van der Waals surface area contributed by atoms with Crippen molar-refractivity contribution in [2.24, 2.45) is 0 Å². The van der Waals surface area contributed by atoms with Crippen LogP contribution < -0.4 is 5.32 Å². The Bertz CT molecular complexity index is 417. The predicted molar refractivity (Wildman–Crippen MR) is 75.3 cm³/mol. The Kier molecular flexibility index (Phi) is 5.44. The molecule has 2 nitrogen and oxygen atoms in total. The minimum Gasteiger partial charge on any atom is -0.312 e. The van der Waals surface area contributed by atoms with Gasteiger partial charge >= 0.3 is 0 Å². The summed E-state index contributed by atoms with van der Waals surface area (Å²) >= 11 is 0. The summed E-state index contributed by atoms with van der Waals surface area (Å²) < 4.78 is 27.0. The van der Waals surface area contributed by atoms with E-state index in [4.69, 9.17) is 0 Å². The van der Waals surface area contributed by atoms with Crippen LogP contribution in [0, 0.1) is 11.6 Å². The SMILES string of the molecule is CCNC(Cc1cc(F)ccc1F)C(C)(C)N(C)C. The van der Waals surface area contributed by atoms with Crippen molar-refractivity contribution in [3.63, 3.8) is 0 Å². The van der Waals surface area contributed by atoms with E-state index in [-0.39, 0.29) is 17.4 Å². The molecule has 19 heavy (non-hydrogen) atoms. The normalized spacial score (nSPS) is 13.9. The van der Waals surface area contributed by atoms with Crippen molar-refractivity contribution < 1.29 is 8.78 Å². The Balaban J connectivity index is 2.99. The molecule has 0 bridgehead atoms. The predicted octanol–water partition coefficient (Wildman–Crippen LogP) is 2.83. The van der Waals surface area contributed by atoms with E-state index in [1.807, 2.05) is 21.0 Å². The van der Waals surface area contributed by atoms with Crippen LogP contribution in [0.15, 0.2) is 18.2 Å². The first-order chi connectivity index (χ1) is 8.78. The smallest absolute Gasteiger partial charge is 0.126 e. The summed E-state index contributed by atoms with van der Waals surface area (Å²) in [5.41, 5.74) is 0.260. The first kappa shape index (κ1) is 16.1. The highest BCUT2D eigenvalue weighted by Crippen LogP contribution is 2.21. The molecular weight excluding hydrogens is 246 g/mol. The molecule has 0 aliphatic rings. The fourth-order valence-corrected chi connectivity index (χ4v) is 2.05. The van der Waals surface area contributed by atoms with Crippen molar-refractivity contribution in [2.75, 3.05) is 20.6 Å². The Hall–Kier alpha value is -1.00. The van der Waals surface area contributed by atoms with Gasteiger partial charge in [0.1, 0.15) is 11.6 Å². The zero-order valence-electron chi connectivity index (χ0n) is 12.4. The molecule has 0 fully saturated rings. The van der Waals surface area contributed by atoms with Crippen LogP contribution in [0.3, 0.4) is 0 Å². The van der Waals surface area contributed by atoms with Gasteiger partial charge in [-0.25, -0.2) is 8.78 Å². The highest BCUT2D eigenvalue weighted by molar-refractivity contribution is 5.21. The van der Waals surface area contributed by atoms with Crippen LogP contribution in [0.25, 0.3) is 0 Å². The molecule has 1 N–H and O–H groups in total. The lowest BCUT2D eigenvalue weighted by molar-refractivity contribution is 0.137. The molecule has 0 heterocycles. The van der Waals surface area contributed by atoms with Crippen molar-refractivity contribution in [3.8, 4) is 0 Å². The van der Waals surface area contributed by atoms with Crippen LogP contribution in [0.5, 0.6) is 0 Å². The fraction of sp³-hybridized carbons (Fsp3) is 0.600. The van der Waals surface area contributed by atoms with Crippen LogP contribution in [-0.2, 0) is 6.42 Å². The molecule has 0 aliphatic carbocycles. The van der Waals surface area contributed by atoms with Gasteiger partial charge in [-0.05, 0) is 64.7 Å². The summed E-state index contributed by atoms with van der Waals surface area (Å²) in [6, 6.07) is 3.67. The van der Waals surface area contributed by atoms with Crippen molar-refractivity contribution >= 4 is 0 Å². The summed E-state index contributed by atoms with van der Waals surface area (Å²) in [6.45, 7) is 6.99. The van der Waals surface area contributed by atoms with Crippen molar-refractivity contribution in [1.29, 1.82) is 0 Å². The van der Waals surface area contributed by atoms with Crippen LogP contribution in [0.1, 0.15) is 26.3 Å². The zero-order chi connectivity index (χ0) is 14.6. The van der Waals surface area contributed by atoms with Crippen LogP contribution in [-0.4, -0.2) is 37.1 Å². The first-order valence-corrected chi connectivity index (χ1v) is 6.63. The van der Waals surface area contributed by atoms with Crippen LogP contribution >= 0.6 is 0 Å². The van der Waals surface area contributed by atoms with Gasteiger partial charge in [0.05, 0.1) is 0 Å². The maximum absolute atomic E-state index is 13.8. The van der Waals surface area contributed by atoms with Gasteiger partial charge < -0.3 is 10.2 Å². The Morgan fingerprint density at radius 3 is 2.42 bits per heavy atom. The van der Waals surface area contributed by atoms with Gasteiger partial charge in [0, 0.05) is 11.6 Å². The molecule has 0 aliphatic heterocycles. The van der Waals surface area contributed by atoms with Gasteiger partial charge in [0.25, 0.3) is 0 Å². The lowest BCUT2D eigenvalue weighted by Gasteiger charge is -2.40. The molecule has 0 saturated carbocycles. The molecule has 1 aromatic carbocycles. The number of hydrogen-bond donors (Lipinski definition) is 1. The molecule has 4 heteroatoms. The fourth-order valence-electron chi connectivity index (χ4n) is 2.05. The third-order valence-corrected chi connectivity index (χ3v) is 3.89. The Morgan fingerprint density at radius 1 is 1.26 bits per heavy atom. The monoisotopic (exact) mass is 270 g/mol. The maximum Gasteiger partial charge on any atom is 0.126 e. The number of benzene rings is 1. The van der Waals surface area contributed by atoms with E-state index in [2.05, 4.69) is 24.1 Å². The Labute approximate surface area is 114 Å². The lowest BCUT2D eigenvalue weighted by Crippen LogP contribution is -2.56. The number of likely N-dealkylation sites (N-methyl/N-ethyl adjacent to an activating group) is 2. The topological polar surface area (TPSA) is 15.3 Å². The maximum atomic E-state index is 13.8. The molecule has 108 valence electrons. The molecule has 1 atom stereocenters. The van der Waals surface area contributed by atoms with Gasteiger partial charge in [0.2, 0.25) is 0 Å². The summed E-state index contributed by atoms with van der Waals surface area (Å²) in [4.78, 5) is 2.09. The molecule has 0 amide bonds. The van der Waals surface area contributed by atoms with Crippen molar-refractivity contribution in [1.82, 2.24) is 10.2 Å². The number of halogens is 2. The number of rotatable bonds is 6. The second-order valence-electron chi connectivity index (χ2n) is 5.60. The second kappa shape index (κ2) is 6.44. The van der Waals surface area contributed by atoms with Crippen molar-refractivity contribution in [2.45, 2.75) is 38.8 Å². The molecule has 1 rings (SSSR count). The average molecular weight is 270 g/mol. The largest absolute Gasteiger partial charge is 0.312 e. The molecule has 0 spiro atoms. The molecule has 0 saturated heterocycles. The van der Waals surface area contributed by atoms with E-state index >= 15 is 0 Å². The first-order valence-electron chi connectivity index (χ1n) is 6.63. The second-order valence-corrected chi connectivity index (χ2v) is 5.60. The minimum atomic E-state index is -0.394. The highest BCUT2D eigenvalue weighted by atomic mass is 19.1. The number of hydrogen-bond acceptors (Lipinski definition) is 2. The van der Waals surface area contributed by atoms with Gasteiger partial charge in [-0.1, -0.05) is 6.92 Å². The average Bonchev–Trinajstić information content (AvgIpc) is 2.32. The standard InChI is InChI=1S/C15H24F2N2/c1-6-18-14(15(2,3)19(4)5)10-11-9-12(16)7-8-13(11)17/h7-9,14,18H,6,10H2,1-5H3. The third kappa shape index (κ3) is 3.98. The molecule has 0 radical (unpaired) electrons. The van der Waals surface area contributed by atoms with E-state index in [1.54, 1.807) is 0 Å². The number of nitrogens with one attached hydrogen (secondary N) is 1. The summed E-state index contributed by atoms with van der Waals surface area (Å²) in [6.07, 6.45) is 0.461. The quantitative estimate of drug-likeness (QED) is 0.855. The van der Waals surface area contributed by atoms with Crippen molar-refractivity contribution in [3.05, 3.63) is 35.4 Å². The lowest BCUT2D eigenvalue weighted by atomic mass is 9.88. The van der Waals surface area contributed by atoms with Gasteiger partial charge in [-0.3, -0.25) is 0 Å². The van der Waals surface area contributed by atoms with E-state index in [1.165, 1.54) is 12.1 Å². The van der Waals surface area contributed by atoms with Crippen LogP contribution in [0.2, 0.25) is 0 Å². The summed E-state index contributed by atoms with van der Waals surface area (Å²) in [5.74, 6) is -0.742. The highest BCUT2D eigenvalue weighted by Gasteiger charge is 2.31. The number of nitrogens with zero attached hydrogens (tertiary/aromatic N) is 1. The van der Waals surface area contributed by atoms with Gasteiger partial charge in [-0.15, -0.1) is 0 Å². The Morgan fingerprint density at radius 2 is 1.89 bits per heavy atom. The van der Waals surface area contributed by atoms with Gasteiger partial charge in [0.15, 0.2) is 0 Å². The van der Waals surface area contributed by atoms with Crippen LogP contribution in [0.4, 0.5) is 8.78 Å². The third-order valence-electron chi connectivity index (χ3n) is 3.89. The zero-order valence-corrected chi connectivity index (χ0v) is 12.4. The summed E-state index contributed by atoms with van der Waals surface area (Å²) in [7, 11) is 3.98. The van der Waals surface area contributed by atoms with E-state index in [0.29, 0.717) is 12.0 Å². The van der Waals surface area contributed by atoms with E-state index in [9.17, 15) is 8.78 Å². The van der Waals surface area contributed by atoms with Gasteiger partial charge in [-0.2, -0.15) is 0 Å². The molecular formula is C15H24F2N2. The van der Waals surface area contributed by atoms with E-state index < -0.39 is 5.82 Å². The molecule has 1 aromatic rings. The summed E-state index contributed by atoms with van der Waals surface area (Å²) in [5, 5.41) is 3.37. The molecule has 1 unspecified atom stereocenters.